The Labute approximate surface area is 114 Å². The third kappa shape index (κ3) is 3.39. The van der Waals surface area contributed by atoms with E-state index < -0.39 is 10.0 Å². The van der Waals surface area contributed by atoms with Crippen molar-refractivity contribution >= 4 is 21.4 Å². The van der Waals surface area contributed by atoms with Gasteiger partial charge in [-0.15, -0.1) is 0 Å². The van der Waals surface area contributed by atoms with E-state index in [1.807, 2.05) is 0 Å². The Morgan fingerprint density at radius 1 is 1.21 bits per heavy atom. The van der Waals surface area contributed by atoms with Crippen LogP contribution in [0.4, 0.5) is 11.4 Å². The number of anilines is 2. The number of sulfonamides is 1. The molecule has 0 bridgehead atoms. The molecule has 0 heterocycles. The summed E-state index contributed by atoms with van der Waals surface area (Å²) < 4.78 is 25.7. The highest BCUT2D eigenvalue weighted by atomic mass is 32.2. The average molecular weight is 283 g/mol. The molecular formula is C13H21N3O2S. The van der Waals surface area contributed by atoms with Crippen molar-refractivity contribution in [2.75, 3.05) is 18.1 Å². The Bertz CT molecular complexity index is 537. The first-order valence-electron chi connectivity index (χ1n) is 6.62. The lowest BCUT2D eigenvalue weighted by atomic mass is 9.95. The molecule has 0 aromatic heterocycles. The predicted molar refractivity (Wildman–Crippen MR) is 77.6 cm³/mol. The van der Waals surface area contributed by atoms with Crippen LogP contribution in [0.3, 0.4) is 0 Å². The minimum absolute atomic E-state index is 0.129. The van der Waals surface area contributed by atoms with E-state index in [9.17, 15) is 8.42 Å². The van der Waals surface area contributed by atoms with Crippen LogP contribution in [0.15, 0.2) is 23.1 Å². The number of rotatable bonds is 4. The molecule has 1 aromatic carbocycles. The molecule has 1 aliphatic rings. The maximum absolute atomic E-state index is 11.7. The second kappa shape index (κ2) is 5.79. The maximum atomic E-state index is 11.7. The summed E-state index contributed by atoms with van der Waals surface area (Å²) >= 11 is 0. The van der Waals surface area contributed by atoms with Crippen LogP contribution in [0.5, 0.6) is 0 Å². The van der Waals surface area contributed by atoms with E-state index in [1.165, 1.54) is 26.3 Å². The van der Waals surface area contributed by atoms with Crippen molar-refractivity contribution in [2.24, 2.45) is 0 Å². The van der Waals surface area contributed by atoms with Gasteiger partial charge < -0.3 is 11.1 Å². The largest absolute Gasteiger partial charge is 0.398 e. The van der Waals surface area contributed by atoms with Crippen LogP contribution in [0.2, 0.25) is 0 Å². The molecule has 0 aliphatic heterocycles. The smallest absolute Gasteiger partial charge is 0.242 e. The Morgan fingerprint density at radius 2 is 1.89 bits per heavy atom. The van der Waals surface area contributed by atoms with Crippen molar-refractivity contribution in [3.63, 3.8) is 0 Å². The highest BCUT2D eigenvalue weighted by molar-refractivity contribution is 7.89. The molecule has 0 unspecified atom stereocenters. The van der Waals surface area contributed by atoms with Crippen molar-refractivity contribution in [3.05, 3.63) is 18.2 Å². The molecule has 106 valence electrons. The van der Waals surface area contributed by atoms with E-state index in [-0.39, 0.29) is 10.6 Å². The van der Waals surface area contributed by atoms with Crippen LogP contribution in [0, 0.1) is 0 Å². The molecule has 1 aliphatic carbocycles. The second-order valence-corrected chi connectivity index (χ2v) is 6.79. The fraction of sp³-hybridized carbons (Fsp3) is 0.538. The first-order chi connectivity index (χ1) is 9.03. The first kappa shape index (κ1) is 14.1. The van der Waals surface area contributed by atoms with Gasteiger partial charge in [0.1, 0.15) is 4.90 Å². The zero-order chi connectivity index (χ0) is 13.9. The summed E-state index contributed by atoms with van der Waals surface area (Å²) in [5.74, 6) is 0. The minimum atomic E-state index is -3.48. The van der Waals surface area contributed by atoms with E-state index >= 15 is 0 Å². The zero-order valence-corrected chi connectivity index (χ0v) is 12.0. The third-order valence-electron chi connectivity index (χ3n) is 3.54. The van der Waals surface area contributed by atoms with Gasteiger partial charge in [0.05, 0.1) is 5.69 Å². The van der Waals surface area contributed by atoms with Crippen molar-refractivity contribution < 1.29 is 8.42 Å². The van der Waals surface area contributed by atoms with E-state index in [0.717, 1.165) is 18.5 Å². The summed E-state index contributed by atoms with van der Waals surface area (Å²) in [5.41, 5.74) is 6.99. The Morgan fingerprint density at radius 3 is 2.47 bits per heavy atom. The van der Waals surface area contributed by atoms with E-state index in [4.69, 9.17) is 5.73 Å². The SMILES string of the molecule is CNS(=O)(=O)c1ccc(NC2CCCCC2)cc1N. The summed E-state index contributed by atoms with van der Waals surface area (Å²) in [6, 6.07) is 5.49. The van der Waals surface area contributed by atoms with Gasteiger partial charge in [0.2, 0.25) is 10.0 Å². The molecule has 0 amide bonds. The Kier molecular flexibility index (Phi) is 4.31. The lowest BCUT2D eigenvalue weighted by Gasteiger charge is -2.24. The normalized spacial score (nSPS) is 17.3. The first-order valence-corrected chi connectivity index (χ1v) is 8.11. The third-order valence-corrected chi connectivity index (χ3v) is 5.03. The molecule has 5 nitrogen and oxygen atoms in total. The van der Waals surface area contributed by atoms with Gasteiger partial charge in [-0.25, -0.2) is 13.1 Å². The van der Waals surface area contributed by atoms with Crippen molar-refractivity contribution in [1.82, 2.24) is 4.72 Å². The highest BCUT2D eigenvalue weighted by Crippen LogP contribution is 2.25. The topological polar surface area (TPSA) is 84.2 Å². The number of benzene rings is 1. The molecule has 0 spiro atoms. The van der Waals surface area contributed by atoms with Gasteiger partial charge in [0.25, 0.3) is 0 Å². The molecule has 19 heavy (non-hydrogen) atoms. The summed E-state index contributed by atoms with van der Waals surface area (Å²) in [4.78, 5) is 0.129. The molecule has 2 rings (SSSR count). The molecule has 0 radical (unpaired) electrons. The lowest BCUT2D eigenvalue weighted by Crippen LogP contribution is -2.23. The quantitative estimate of drug-likeness (QED) is 0.737. The fourth-order valence-corrected chi connectivity index (χ4v) is 3.31. The molecular weight excluding hydrogens is 262 g/mol. The van der Waals surface area contributed by atoms with Crippen LogP contribution in [0.1, 0.15) is 32.1 Å². The standard InChI is InChI=1S/C13H21N3O2S/c1-15-19(17,18)13-8-7-11(9-12(13)14)16-10-5-3-2-4-6-10/h7-10,15-16H,2-6,14H2,1H3. The number of nitrogens with two attached hydrogens (primary N) is 1. The zero-order valence-electron chi connectivity index (χ0n) is 11.1. The van der Waals surface area contributed by atoms with Crippen LogP contribution in [0.25, 0.3) is 0 Å². The van der Waals surface area contributed by atoms with Crippen molar-refractivity contribution in [3.8, 4) is 0 Å². The number of nitrogens with one attached hydrogen (secondary N) is 2. The van der Waals surface area contributed by atoms with Gasteiger partial charge in [0, 0.05) is 11.7 Å². The van der Waals surface area contributed by atoms with Crippen LogP contribution in [-0.4, -0.2) is 21.5 Å². The molecule has 1 saturated carbocycles. The van der Waals surface area contributed by atoms with Crippen molar-refractivity contribution in [1.29, 1.82) is 0 Å². The lowest BCUT2D eigenvalue weighted by molar-refractivity contribution is 0.463. The van der Waals surface area contributed by atoms with Crippen LogP contribution >= 0.6 is 0 Å². The van der Waals surface area contributed by atoms with Gasteiger partial charge >= 0.3 is 0 Å². The van der Waals surface area contributed by atoms with E-state index in [1.54, 1.807) is 18.2 Å². The van der Waals surface area contributed by atoms with Gasteiger partial charge in [-0.3, -0.25) is 0 Å². The average Bonchev–Trinajstić information content (AvgIpc) is 2.39. The number of hydrogen-bond acceptors (Lipinski definition) is 4. The van der Waals surface area contributed by atoms with Crippen LogP contribution in [-0.2, 0) is 10.0 Å². The van der Waals surface area contributed by atoms with Gasteiger partial charge in [0.15, 0.2) is 0 Å². The molecule has 4 N–H and O–H groups in total. The minimum Gasteiger partial charge on any atom is -0.398 e. The van der Waals surface area contributed by atoms with E-state index in [2.05, 4.69) is 10.0 Å². The monoisotopic (exact) mass is 283 g/mol. The maximum Gasteiger partial charge on any atom is 0.242 e. The summed E-state index contributed by atoms with van der Waals surface area (Å²) in [7, 11) is -2.10. The summed E-state index contributed by atoms with van der Waals surface area (Å²) in [6.45, 7) is 0. The molecule has 1 aromatic rings. The molecule has 0 atom stereocenters. The van der Waals surface area contributed by atoms with Crippen molar-refractivity contribution in [2.45, 2.75) is 43.0 Å². The predicted octanol–water partition coefficient (Wildman–Crippen LogP) is 1.92. The van der Waals surface area contributed by atoms with Crippen LogP contribution < -0.4 is 15.8 Å². The van der Waals surface area contributed by atoms with E-state index in [0.29, 0.717) is 6.04 Å². The Balaban J connectivity index is 2.14. The van der Waals surface area contributed by atoms with Gasteiger partial charge in [-0.1, -0.05) is 19.3 Å². The number of hydrogen-bond donors (Lipinski definition) is 3. The summed E-state index contributed by atoms with van der Waals surface area (Å²) in [5, 5.41) is 3.42. The molecule has 6 heteroatoms. The Hall–Kier alpha value is -1.27. The number of nitrogen functional groups attached to an aromatic ring is 1. The second-order valence-electron chi connectivity index (χ2n) is 4.94. The van der Waals surface area contributed by atoms with Gasteiger partial charge in [-0.2, -0.15) is 0 Å². The summed E-state index contributed by atoms with van der Waals surface area (Å²) in [6.07, 6.45) is 6.13. The van der Waals surface area contributed by atoms with Gasteiger partial charge in [-0.05, 0) is 38.1 Å². The molecule has 0 saturated heterocycles. The molecule has 1 fully saturated rings. The fourth-order valence-electron chi connectivity index (χ4n) is 2.48. The highest BCUT2D eigenvalue weighted by Gasteiger charge is 2.17.